The van der Waals surface area contributed by atoms with Crippen LogP contribution in [0.3, 0.4) is 0 Å². The Labute approximate surface area is 372 Å². The van der Waals surface area contributed by atoms with Gasteiger partial charge in [-0.1, -0.05) is 230 Å². The topological polar surface area (TPSA) is 95.9 Å². The summed E-state index contributed by atoms with van der Waals surface area (Å²) in [7, 11) is 0. The van der Waals surface area contributed by atoms with E-state index in [1.807, 2.05) is 0 Å². The molecule has 1 amide bonds. The average molecular weight is 842 g/mol. The van der Waals surface area contributed by atoms with E-state index in [4.69, 9.17) is 4.74 Å². The number of carbonyl (C=O) groups is 2. The van der Waals surface area contributed by atoms with Crippen LogP contribution < -0.4 is 5.32 Å². The SMILES string of the molecule is CC/C=C/C=C/C=C\CCCCCCCC(=O)OC(CCC/C=C\CCCCCCCCC)CC(=O)NC(CO)C(O)CCCCCCCCCCCCCCCCCC. The summed E-state index contributed by atoms with van der Waals surface area (Å²) < 4.78 is 5.90. The van der Waals surface area contributed by atoms with Crippen LogP contribution in [0.5, 0.6) is 0 Å². The first-order valence-electron chi connectivity index (χ1n) is 25.9. The van der Waals surface area contributed by atoms with Crippen molar-refractivity contribution in [3.05, 3.63) is 48.6 Å². The maximum atomic E-state index is 13.2. The highest BCUT2D eigenvalue weighted by Crippen LogP contribution is 2.17. The van der Waals surface area contributed by atoms with Gasteiger partial charge in [0.15, 0.2) is 0 Å². The number of allylic oxidation sites excluding steroid dienone is 8. The molecule has 6 nitrogen and oxygen atoms in total. The highest BCUT2D eigenvalue weighted by molar-refractivity contribution is 5.77. The first-order valence-corrected chi connectivity index (χ1v) is 25.9. The van der Waals surface area contributed by atoms with Gasteiger partial charge in [-0.3, -0.25) is 9.59 Å². The predicted molar refractivity (Wildman–Crippen MR) is 259 cm³/mol. The van der Waals surface area contributed by atoms with Crippen LogP contribution in [0.2, 0.25) is 0 Å². The van der Waals surface area contributed by atoms with Crippen LogP contribution in [-0.2, 0) is 14.3 Å². The molecule has 0 aromatic rings. The van der Waals surface area contributed by atoms with Gasteiger partial charge in [-0.2, -0.15) is 0 Å². The van der Waals surface area contributed by atoms with E-state index in [1.165, 1.54) is 128 Å². The van der Waals surface area contributed by atoms with Gasteiger partial charge < -0.3 is 20.3 Å². The summed E-state index contributed by atoms with van der Waals surface area (Å²) >= 11 is 0. The number of nitrogens with one attached hydrogen (secondary N) is 1. The summed E-state index contributed by atoms with van der Waals surface area (Å²) in [5, 5.41) is 23.8. The molecule has 3 unspecified atom stereocenters. The maximum absolute atomic E-state index is 13.2. The van der Waals surface area contributed by atoms with Gasteiger partial charge >= 0.3 is 5.97 Å². The summed E-state index contributed by atoms with van der Waals surface area (Å²) in [5.74, 6) is -0.523. The van der Waals surface area contributed by atoms with E-state index in [9.17, 15) is 19.8 Å². The molecule has 6 heteroatoms. The van der Waals surface area contributed by atoms with Crippen LogP contribution in [0.25, 0.3) is 0 Å². The van der Waals surface area contributed by atoms with Gasteiger partial charge in [0.25, 0.3) is 0 Å². The van der Waals surface area contributed by atoms with Gasteiger partial charge in [0, 0.05) is 6.42 Å². The van der Waals surface area contributed by atoms with Crippen molar-refractivity contribution in [2.24, 2.45) is 0 Å². The molecule has 0 aliphatic rings. The van der Waals surface area contributed by atoms with Crippen LogP contribution in [0.15, 0.2) is 48.6 Å². The highest BCUT2D eigenvalue weighted by Gasteiger charge is 2.24. The van der Waals surface area contributed by atoms with Crippen LogP contribution in [0.1, 0.15) is 258 Å². The van der Waals surface area contributed by atoms with E-state index in [2.05, 4.69) is 74.7 Å². The first kappa shape index (κ1) is 57.8. The molecule has 0 rings (SSSR count). The molecule has 0 spiro atoms. The number of rotatable bonds is 46. The van der Waals surface area contributed by atoms with Crippen molar-refractivity contribution in [3.8, 4) is 0 Å². The zero-order valence-corrected chi connectivity index (χ0v) is 39.8. The number of aliphatic hydroxyl groups is 2. The zero-order valence-electron chi connectivity index (χ0n) is 39.8. The van der Waals surface area contributed by atoms with Crippen molar-refractivity contribution in [2.75, 3.05) is 6.61 Å². The van der Waals surface area contributed by atoms with Crippen LogP contribution in [0, 0.1) is 0 Å². The molecule has 0 aromatic carbocycles. The number of carbonyl (C=O) groups excluding carboxylic acids is 2. The van der Waals surface area contributed by atoms with E-state index >= 15 is 0 Å². The van der Waals surface area contributed by atoms with E-state index < -0.39 is 18.2 Å². The number of unbranched alkanes of at least 4 members (excludes halogenated alkanes) is 28. The molecule has 0 aromatic heterocycles. The number of esters is 1. The number of aliphatic hydroxyl groups excluding tert-OH is 2. The lowest BCUT2D eigenvalue weighted by Crippen LogP contribution is -2.46. The molecular weight excluding hydrogens is 743 g/mol. The second-order valence-electron chi connectivity index (χ2n) is 17.6. The molecule has 0 aliphatic carbocycles. The molecule has 60 heavy (non-hydrogen) atoms. The Kier molecular flexibility index (Phi) is 46.1. The monoisotopic (exact) mass is 842 g/mol. The van der Waals surface area contributed by atoms with Crippen LogP contribution in [0.4, 0.5) is 0 Å². The molecule has 0 bridgehead atoms. The number of hydrogen-bond acceptors (Lipinski definition) is 5. The predicted octanol–water partition coefficient (Wildman–Crippen LogP) is 15.5. The molecule has 0 aliphatic heterocycles. The summed E-state index contributed by atoms with van der Waals surface area (Å²) in [6.07, 6.45) is 57.5. The minimum atomic E-state index is -0.797. The molecule has 0 saturated heterocycles. The fourth-order valence-electron chi connectivity index (χ4n) is 7.78. The Hall–Kier alpha value is -2.18. The highest BCUT2D eigenvalue weighted by atomic mass is 16.5. The third-order valence-corrected chi connectivity index (χ3v) is 11.7. The summed E-state index contributed by atoms with van der Waals surface area (Å²) in [6.45, 7) is 6.34. The summed E-state index contributed by atoms with van der Waals surface area (Å²) in [5.41, 5.74) is 0. The van der Waals surface area contributed by atoms with E-state index in [0.717, 1.165) is 83.5 Å². The molecule has 0 fully saturated rings. The van der Waals surface area contributed by atoms with Crippen LogP contribution >= 0.6 is 0 Å². The fourth-order valence-corrected chi connectivity index (χ4v) is 7.78. The molecule has 0 heterocycles. The molecule has 0 saturated carbocycles. The van der Waals surface area contributed by atoms with Gasteiger partial charge in [-0.25, -0.2) is 0 Å². The Morgan fingerprint density at radius 1 is 0.500 bits per heavy atom. The van der Waals surface area contributed by atoms with Crippen molar-refractivity contribution in [3.63, 3.8) is 0 Å². The zero-order chi connectivity index (χ0) is 43.8. The van der Waals surface area contributed by atoms with Gasteiger partial charge in [0.05, 0.1) is 25.2 Å². The van der Waals surface area contributed by atoms with Crippen molar-refractivity contribution in [2.45, 2.75) is 277 Å². The Morgan fingerprint density at radius 3 is 1.43 bits per heavy atom. The lowest BCUT2D eigenvalue weighted by molar-refractivity contribution is -0.151. The number of amides is 1. The quantitative estimate of drug-likeness (QED) is 0.0246. The Balaban J connectivity index is 4.56. The van der Waals surface area contributed by atoms with Crippen molar-refractivity contribution < 1.29 is 24.5 Å². The fraction of sp³-hybridized carbons (Fsp3) is 0.815. The lowest BCUT2D eigenvalue weighted by Gasteiger charge is -2.24. The van der Waals surface area contributed by atoms with Gasteiger partial charge in [0.1, 0.15) is 6.10 Å². The molecular formula is C54H99NO5. The first-order chi connectivity index (χ1) is 29.5. The number of ether oxygens (including phenoxy) is 1. The van der Waals surface area contributed by atoms with E-state index in [1.54, 1.807) is 0 Å². The molecule has 3 atom stereocenters. The van der Waals surface area contributed by atoms with Crippen molar-refractivity contribution >= 4 is 11.9 Å². The van der Waals surface area contributed by atoms with Gasteiger partial charge in [-0.05, 0) is 64.2 Å². The molecule has 0 radical (unpaired) electrons. The third-order valence-electron chi connectivity index (χ3n) is 11.7. The maximum Gasteiger partial charge on any atom is 0.306 e. The van der Waals surface area contributed by atoms with Crippen LogP contribution in [-0.4, -0.2) is 46.9 Å². The summed E-state index contributed by atoms with van der Waals surface area (Å²) in [6, 6.07) is -0.713. The molecule has 3 N–H and O–H groups in total. The minimum absolute atomic E-state index is 0.0490. The molecule has 350 valence electrons. The smallest absolute Gasteiger partial charge is 0.306 e. The third kappa shape index (κ3) is 42.5. The average Bonchev–Trinajstić information content (AvgIpc) is 3.24. The van der Waals surface area contributed by atoms with E-state index in [0.29, 0.717) is 19.3 Å². The van der Waals surface area contributed by atoms with Gasteiger partial charge in [-0.15, -0.1) is 0 Å². The Bertz CT molecular complexity index is 1040. The van der Waals surface area contributed by atoms with Crippen molar-refractivity contribution in [1.82, 2.24) is 5.32 Å². The Morgan fingerprint density at radius 2 is 0.933 bits per heavy atom. The normalized spacial score (nSPS) is 13.6. The second-order valence-corrected chi connectivity index (χ2v) is 17.6. The summed E-state index contributed by atoms with van der Waals surface area (Å²) in [4.78, 5) is 26.1. The second kappa shape index (κ2) is 47.9. The van der Waals surface area contributed by atoms with Crippen molar-refractivity contribution in [1.29, 1.82) is 0 Å². The standard InChI is InChI=1S/C54H99NO5/c1-4-7-10-13-16-19-22-25-26-27-29-31-34-37-40-43-46-52(57)51(49-56)55-53(58)48-50(45-42-39-36-33-30-24-21-18-15-12-9-6-3)60-54(59)47-44-41-38-35-32-28-23-20-17-14-11-8-5-2/h8,11,14,17,20,23,33,36,50-52,56-57H,4-7,9-10,12-13,15-16,18-19,21-22,24-32,34-35,37-49H2,1-3H3,(H,55,58)/b11-8+,17-14+,23-20-,36-33-. The van der Waals surface area contributed by atoms with Gasteiger partial charge in [0.2, 0.25) is 5.91 Å². The van der Waals surface area contributed by atoms with E-state index in [-0.39, 0.29) is 24.9 Å². The minimum Gasteiger partial charge on any atom is -0.462 e. The largest absolute Gasteiger partial charge is 0.462 e. The number of hydrogen-bond donors (Lipinski definition) is 3. The lowest BCUT2D eigenvalue weighted by atomic mass is 10.0.